The summed E-state index contributed by atoms with van der Waals surface area (Å²) in [5, 5.41) is 0. The number of hydrogen-bond donors (Lipinski definition) is 0. The highest BCUT2D eigenvalue weighted by Gasteiger charge is 2.11. The van der Waals surface area contributed by atoms with Crippen LogP contribution in [0.5, 0.6) is 0 Å². The van der Waals surface area contributed by atoms with Crippen LogP contribution >= 0.6 is 15.9 Å². The molecule has 0 saturated heterocycles. The van der Waals surface area contributed by atoms with Crippen LogP contribution in [-0.4, -0.2) is 6.61 Å². The molecule has 0 amide bonds. The van der Waals surface area contributed by atoms with Gasteiger partial charge in [0.25, 0.3) is 0 Å². The van der Waals surface area contributed by atoms with Gasteiger partial charge in [-0.05, 0) is 18.1 Å². The van der Waals surface area contributed by atoms with Crippen LogP contribution in [0.1, 0.15) is 25.8 Å². The van der Waals surface area contributed by atoms with Crippen molar-refractivity contribution in [1.29, 1.82) is 0 Å². The Labute approximate surface area is 103 Å². The van der Waals surface area contributed by atoms with Gasteiger partial charge in [-0.15, -0.1) is 0 Å². The maximum absolute atomic E-state index is 13.4. The molecular formula is C12H15BrF2O. The lowest BCUT2D eigenvalue weighted by molar-refractivity contribution is 0.0870. The van der Waals surface area contributed by atoms with E-state index in [2.05, 4.69) is 22.9 Å². The van der Waals surface area contributed by atoms with Crippen molar-refractivity contribution in [1.82, 2.24) is 0 Å². The molecular weight excluding hydrogens is 278 g/mol. The molecule has 0 spiro atoms. The zero-order valence-corrected chi connectivity index (χ0v) is 11.0. The van der Waals surface area contributed by atoms with Crippen molar-refractivity contribution in [2.24, 2.45) is 5.92 Å². The molecule has 0 radical (unpaired) electrons. The highest BCUT2D eigenvalue weighted by atomic mass is 79.9. The summed E-state index contributed by atoms with van der Waals surface area (Å²) < 4.78 is 32.4. The van der Waals surface area contributed by atoms with E-state index in [-0.39, 0.29) is 12.2 Å². The lowest BCUT2D eigenvalue weighted by Crippen LogP contribution is -2.07. The van der Waals surface area contributed by atoms with Gasteiger partial charge in [0.1, 0.15) is 11.6 Å². The van der Waals surface area contributed by atoms with Crippen molar-refractivity contribution >= 4 is 15.9 Å². The summed E-state index contributed by atoms with van der Waals surface area (Å²) in [5.74, 6) is -0.742. The molecule has 0 saturated carbocycles. The molecule has 1 nitrogen and oxygen atoms in total. The minimum Gasteiger partial charge on any atom is -0.376 e. The third-order valence-corrected chi connectivity index (χ3v) is 2.91. The zero-order valence-electron chi connectivity index (χ0n) is 9.40. The molecule has 1 aromatic carbocycles. The Kier molecular flexibility index (Phi) is 5.35. The highest BCUT2D eigenvalue weighted by molar-refractivity contribution is 9.10. The van der Waals surface area contributed by atoms with Crippen molar-refractivity contribution in [3.8, 4) is 0 Å². The van der Waals surface area contributed by atoms with E-state index in [0.29, 0.717) is 17.0 Å². The normalized spacial score (nSPS) is 12.8. The van der Waals surface area contributed by atoms with Gasteiger partial charge in [0.2, 0.25) is 0 Å². The molecule has 4 heteroatoms. The summed E-state index contributed by atoms with van der Waals surface area (Å²) in [6, 6.07) is 2.48. The molecule has 90 valence electrons. The van der Waals surface area contributed by atoms with Crippen LogP contribution in [0.15, 0.2) is 16.6 Å². The van der Waals surface area contributed by atoms with Gasteiger partial charge >= 0.3 is 0 Å². The van der Waals surface area contributed by atoms with Crippen molar-refractivity contribution in [2.45, 2.75) is 26.9 Å². The Morgan fingerprint density at radius 1 is 1.31 bits per heavy atom. The van der Waals surface area contributed by atoms with Gasteiger partial charge in [-0.1, -0.05) is 36.2 Å². The van der Waals surface area contributed by atoms with Crippen LogP contribution in [0.25, 0.3) is 0 Å². The molecule has 1 rings (SSSR count). The fraction of sp³-hybridized carbons (Fsp3) is 0.500. The molecule has 0 heterocycles. The van der Waals surface area contributed by atoms with Gasteiger partial charge in [0, 0.05) is 16.6 Å². The smallest absolute Gasteiger partial charge is 0.132 e. The van der Waals surface area contributed by atoms with Crippen LogP contribution in [0.2, 0.25) is 0 Å². The quantitative estimate of drug-likeness (QED) is 0.787. The average molecular weight is 293 g/mol. The molecule has 1 aromatic rings. The minimum absolute atomic E-state index is 0.00787. The van der Waals surface area contributed by atoms with Gasteiger partial charge in [-0.2, -0.15) is 0 Å². The van der Waals surface area contributed by atoms with Gasteiger partial charge in [0.15, 0.2) is 0 Å². The lowest BCUT2D eigenvalue weighted by atomic mass is 10.1. The number of rotatable bonds is 5. The predicted molar refractivity (Wildman–Crippen MR) is 63.2 cm³/mol. The first-order valence-electron chi connectivity index (χ1n) is 5.25. The molecule has 16 heavy (non-hydrogen) atoms. The number of halogens is 3. The number of benzene rings is 1. The zero-order chi connectivity index (χ0) is 12.1. The first-order chi connectivity index (χ1) is 7.54. The van der Waals surface area contributed by atoms with Crippen LogP contribution in [0.4, 0.5) is 8.78 Å². The van der Waals surface area contributed by atoms with Gasteiger partial charge in [-0.25, -0.2) is 8.78 Å². The SMILES string of the molecule is CCC(C)COCc1c(F)cc(Br)cc1F. The Balaban J connectivity index is 2.60. The van der Waals surface area contributed by atoms with Crippen LogP contribution < -0.4 is 0 Å². The molecule has 1 unspecified atom stereocenters. The molecule has 1 atom stereocenters. The average Bonchev–Trinajstić information content (AvgIpc) is 2.21. The number of ether oxygens (including phenoxy) is 1. The second-order valence-corrected chi connectivity index (χ2v) is 4.79. The lowest BCUT2D eigenvalue weighted by Gasteiger charge is -2.10. The van der Waals surface area contributed by atoms with Crippen molar-refractivity contribution < 1.29 is 13.5 Å². The topological polar surface area (TPSA) is 9.23 Å². The highest BCUT2D eigenvalue weighted by Crippen LogP contribution is 2.20. The molecule has 0 aliphatic rings. The fourth-order valence-corrected chi connectivity index (χ4v) is 1.59. The van der Waals surface area contributed by atoms with Crippen molar-refractivity contribution in [2.75, 3.05) is 6.61 Å². The Morgan fingerprint density at radius 3 is 2.38 bits per heavy atom. The van der Waals surface area contributed by atoms with Crippen LogP contribution in [0.3, 0.4) is 0 Å². The molecule has 0 bridgehead atoms. The second-order valence-electron chi connectivity index (χ2n) is 3.88. The summed E-state index contributed by atoms with van der Waals surface area (Å²) >= 11 is 3.03. The van der Waals surface area contributed by atoms with Gasteiger partial charge < -0.3 is 4.74 Å². The van der Waals surface area contributed by atoms with Crippen LogP contribution in [0, 0.1) is 17.6 Å². The van der Waals surface area contributed by atoms with E-state index in [1.54, 1.807) is 0 Å². The van der Waals surface area contributed by atoms with E-state index < -0.39 is 11.6 Å². The molecule has 0 aliphatic heterocycles. The standard InChI is InChI=1S/C12H15BrF2O/c1-3-8(2)6-16-7-10-11(14)4-9(13)5-12(10)15/h4-5,8H,3,6-7H2,1-2H3. The van der Waals surface area contributed by atoms with E-state index in [1.807, 2.05) is 6.92 Å². The van der Waals surface area contributed by atoms with Crippen LogP contribution in [-0.2, 0) is 11.3 Å². The first-order valence-corrected chi connectivity index (χ1v) is 6.05. The Bertz CT molecular complexity index is 332. The second kappa shape index (κ2) is 6.30. The van der Waals surface area contributed by atoms with E-state index >= 15 is 0 Å². The van der Waals surface area contributed by atoms with E-state index in [1.165, 1.54) is 12.1 Å². The number of hydrogen-bond acceptors (Lipinski definition) is 1. The Hall–Kier alpha value is -0.480. The minimum atomic E-state index is -0.573. The van der Waals surface area contributed by atoms with E-state index in [0.717, 1.165) is 6.42 Å². The summed E-state index contributed by atoms with van der Waals surface area (Å²) in [7, 11) is 0. The summed E-state index contributed by atoms with van der Waals surface area (Å²) in [5.41, 5.74) is -0.00787. The van der Waals surface area contributed by atoms with E-state index in [4.69, 9.17) is 4.74 Å². The Morgan fingerprint density at radius 2 is 1.88 bits per heavy atom. The summed E-state index contributed by atoms with van der Waals surface area (Å²) in [6.07, 6.45) is 0.991. The van der Waals surface area contributed by atoms with Gasteiger partial charge in [0.05, 0.1) is 6.61 Å². The van der Waals surface area contributed by atoms with E-state index in [9.17, 15) is 8.78 Å². The summed E-state index contributed by atoms with van der Waals surface area (Å²) in [6.45, 7) is 4.59. The third kappa shape index (κ3) is 3.83. The molecule has 0 aliphatic carbocycles. The van der Waals surface area contributed by atoms with Crippen molar-refractivity contribution in [3.63, 3.8) is 0 Å². The summed E-state index contributed by atoms with van der Waals surface area (Å²) in [4.78, 5) is 0. The predicted octanol–water partition coefficient (Wildman–Crippen LogP) is 4.29. The van der Waals surface area contributed by atoms with Crippen molar-refractivity contribution in [3.05, 3.63) is 33.8 Å². The maximum Gasteiger partial charge on any atom is 0.132 e. The maximum atomic E-state index is 13.4. The molecule has 0 N–H and O–H groups in total. The first kappa shape index (κ1) is 13.6. The molecule has 0 aromatic heterocycles. The fourth-order valence-electron chi connectivity index (χ4n) is 1.19. The monoisotopic (exact) mass is 292 g/mol. The largest absolute Gasteiger partial charge is 0.376 e. The van der Waals surface area contributed by atoms with Gasteiger partial charge in [-0.3, -0.25) is 0 Å². The third-order valence-electron chi connectivity index (χ3n) is 2.45. The molecule has 0 fully saturated rings.